The van der Waals surface area contributed by atoms with Crippen LogP contribution < -0.4 is 9.64 Å². The fraction of sp³-hybridized carbons (Fsp3) is 0.615. The summed E-state index contributed by atoms with van der Waals surface area (Å²) in [6.07, 6.45) is 5.40. The minimum Gasteiger partial charge on any atom is -0.480 e. The van der Waals surface area contributed by atoms with E-state index in [4.69, 9.17) is 9.47 Å². The van der Waals surface area contributed by atoms with E-state index in [9.17, 15) is 4.79 Å². The summed E-state index contributed by atoms with van der Waals surface area (Å²) in [4.78, 5) is 22.1. The summed E-state index contributed by atoms with van der Waals surface area (Å²) in [5.41, 5.74) is 0. The van der Waals surface area contributed by atoms with Crippen molar-refractivity contribution < 1.29 is 14.3 Å². The summed E-state index contributed by atoms with van der Waals surface area (Å²) < 4.78 is 10.6. The number of hydrogen-bond donors (Lipinski definition) is 0. The van der Waals surface area contributed by atoms with Crippen molar-refractivity contribution in [2.24, 2.45) is 0 Å². The second-order valence-electron chi connectivity index (χ2n) is 4.63. The molecule has 1 fully saturated rings. The van der Waals surface area contributed by atoms with Gasteiger partial charge in [0.15, 0.2) is 0 Å². The Bertz CT molecular complexity index is 480. The number of methoxy groups -OCH3 is 2. The lowest BCUT2D eigenvalue weighted by atomic mass is 9.91. The maximum Gasteiger partial charge on any atom is 0.307 e. The maximum absolute atomic E-state index is 11.3. The van der Waals surface area contributed by atoms with E-state index in [0.29, 0.717) is 35.3 Å². The molecule has 0 aromatic carbocycles. The molecule has 0 aliphatic heterocycles. The van der Waals surface area contributed by atoms with Gasteiger partial charge in [-0.3, -0.25) is 4.79 Å². The first-order chi connectivity index (χ1) is 9.65. The van der Waals surface area contributed by atoms with E-state index >= 15 is 0 Å². The third-order valence-electron chi connectivity index (χ3n) is 3.45. The van der Waals surface area contributed by atoms with E-state index in [0.717, 1.165) is 12.8 Å². The van der Waals surface area contributed by atoms with Crippen LogP contribution in [0.1, 0.15) is 25.7 Å². The fourth-order valence-corrected chi connectivity index (χ4v) is 2.44. The molecule has 1 aliphatic carbocycles. The van der Waals surface area contributed by atoms with E-state index in [-0.39, 0.29) is 5.97 Å². The second kappa shape index (κ2) is 6.88. The zero-order valence-corrected chi connectivity index (χ0v) is 13.2. The molecule has 1 heterocycles. The second-order valence-corrected chi connectivity index (χ2v) is 5.49. The molecule has 0 amide bonds. The number of aromatic nitrogens is 2. The Morgan fingerprint density at radius 1 is 1.50 bits per heavy atom. The minimum atomic E-state index is -0.224. The van der Waals surface area contributed by atoms with Gasteiger partial charge in [-0.2, -0.15) is 4.98 Å². The molecule has 0 unspecified atom stereocenters. The van der Waals surface area contributed by atoms with Crippen molar-refractivity contribution in [1.82, 2.24) is 9.97 Å². The zero-order chi connectivity index (χ0) is 14.5. The molecular weight excluding hydrogens is 326 g/mol. The monoisotopic (exact) mass is 343 g/mol. The first-order valence-electron chi connectivity index (χ1n) is 6.55. The Hall–Kier alpha value is -1.37. The predicted molar refractivity (Wildman–Crippen MR) is 77.9 cm³/mol. The summed E-state index contributed by atoms with van der Waals surface area (Å²) in [6.45, 7) is 0.558. The number of hydrogen-bond acceptors (Lipinski definition) is 6. The lowest BCUT2D eigenvalue weighted by molar-refractivity contribution is -0.140. The van der Waals surface area contributed by atoms with E-state index in [1.165, 1.54) is 13.5 Å². The largest absolute Gasteiger partial charge is 0.480 e. The molecule has 0 spiro atoms. The summed E-state index contributed by atoms with van der Waals surface area (Å²) in [5.74, 6) is 0.870. The van der Waals surface area contributed by atoms with Crippen LogP contribution >= 0.6 is 15.9 Å². The Morgan fingerprint density at radius 2 is 2.25 bits per heavy atom. The molecule has 0 radical (unpaired) electrons. The lowest BCUT2D eigenvalue weighted by Gasteiger charge is -2.37. The van der Waals surface area contributed by atoms with Gasteiger partial charge in [0, 0.05) is 12.6 Å². The van der Waals surface area contributed by atoms with Crippen LogP contribution in [0.2, 0.25) is 0 Å². The van der Waals surface area contributed by atoms with Gasteiger partial charge in [-0.25, -0.2) is 4.98 Å². The minimum absolute atomic E-state index is 0.224. The lowest BCUT2D eigenvalue weighted by Crippen LogP contribution is -2.42. The fourth-order valence-electron chi connectivity index (χ4n) is 2.08. The summed E-state index contributed by atoms with van der Waals surface area (Å²) >= 11 is 3.34. The standard InChI is InChI=1S/C13H18BrN3O3/c1-19-11(18)6-7-17(9-4-3-5-9)13-15-8-10(14)12(16-13)20-2/h8-9H,3-7H2,1-2H3. The number of halogens is 1. The van der Waals surface area contributed by atoms with Crippen LogP contribution in [0.25, 0.3) is 0 Å². The summed E-state index contributed by atoms with van der Waals surface area (Å²) in [7, 11) is 2.97. The quantitative estimate of drug-likeness (QED) is 0.737. The van der Waals surface area contributed by atoms with Crippen LogP contribution in [-0.2, 0) is 9.53 Å². The van der Waals surface area contributed by atoms with Crippen molar-refractivity contribution in [1.29, 1.82) is 0 Å². The smallest absolute Gasteiger partial charge is 0.307 e. The third-order valence-corrected chi connectivity index (χ3v) is 3.99. The first-order valence-corrected chi connectivity index (χ1v) is 7.35. The van der Waals surface area contributed by atoms with E-state index in [1.54, 1.807) is 13.3 Å². The molecule has 2 rings (SSSR count). The number of anilines is 1. The average Bonchev–Trinajstić information content (AvgIpc) is 2.41. The van der Waals surface area contributed by atoms with Crippen molar-refractivity contribution in [3.63, 3.8) is 0 Å². The molecule has 0 atom stereocenters. The van der Waals surface area contributed by atoms with Gasteiger partial charge in [-0.05, 0) is 35.2 Å². The highest BCUT2D eigenvalue weighted by Crippen LogP contribution is 2.30. The van der Waals surface area contributed by atoms with Crippen LogP contribution in [-0.4, -0.2) is 42.7 Å². The molecule has 0 bridgehead atoms. The highest BCUT2D eigenvalue weighted by Gasteiger charge is 2.27. The normalized spacial score (nSPS) is 14.6. The van der Waals surface area contributed by atoms with Crippen molar-refractivity contribution in [3.8, 4) is 5.88 Å². The van der Waals surface area contributed by atoms with Crippen LogP contribution in [0, 0.1) is 0 Å². The SMILES string of the molecule is COC(=O)CCN(c1ncc(Br)c(OC)n1)C1CCC1. The number of carbonyl (C=O) groups excluding carboxylic acids is 1. The van der Waals surface area contributed by atoms with Gasteiger partial charge in [0.1, 0.15) is 0 Å². The topological polar surface area (TPSA) is 64.5 Å². The van der Waals surface area contributed by atoms with E-state index in [2.05, 4.69) is 30.8 Å². The molecule has 20 heavy (non-hydrogen) atoms. The molecular formula is C13H18BrN3O3. The first kappa shape index (κ1) is 15.0. The van der Waals surface area contributed by atoms with Gasteiger partial charge in [0.2, 0.25) is 11.8 Å². The van der Waals surface area contributed by atoms with Crippen LogP contribution in [0.15, 0.2) is 10.7 Å². The van der Waals surface area contributed by atoms with Gasteiger partial charge in [0.05, 0.1) is 31.3 Å². The highest BCUT2D eigenvalue weighted by atomic mass is 79.9. The summed E-state index contributed by atoms with van der Waals surface area (Å²) in [6, 6.07) is 0.394. The number of rotatable bonds is 6. The van der Waals surface area contributed by atoms with Gasteiger partial charge in [-0.1, -0.05) is 0 Å². The van der Waals surface area contributed by atoms with Crippen molar-refractivity contribution in [2.75, 3.05) is 25.7 Å². The number of esters is 1. The Balaban J connectivity index is 2.15. The van der Waals surface area contributed by atoms with Crippen LogP contribution in [0.4, 0.5) is 5.95 Å². The van der Waals surface area contributed by atoms with E-state index < -0.39 is 0 Å². The predicted octanol–water partition coefficient (Wildman–Crippen LogP) is 2.17. The number of nitrogens with zero attached hydrogens (tertiary/aromatic N) is 3. The molecule has 0 saturated heterocycles. The van der Waals surface area contributed by atoms with Gasteiger partial charge in [0.25, 0.3) is 0 Å². The van der Waals surface area contributed by atoms with Crippen molar-refractivity contribution in [3.05, 3.63) is 10.7 Å². The molecule has 6 nitrogen and oxygen atoms in total. The van der Waals surface area contributed by atoms with Crippen molar-refractivity contribution >= 4 is 27.8 Å². The summed E-state index contributed by atoms with van der Waals surface area (Å²) in [5, 5.41) is 0. The third kappa shape index (κ3) is 3.39. The maximum atomic E-state index is 11.3. The Kier molecular flexibility index (Phi) is 5.17. The van der Waals surface area contributed by atoms with Crippen LogP contribution in [0.5, 0.6) is 5.88 Å². The van der Waals surface area contributed by atoms with Crippen LogP contribution in [0.3, 0.4) is 0 Å². The Labute approximate surface area is 126 Å². The molecule has 110 valence electrons. The molecule has 0 N–H and O–H groups in total. The molecule has 1 aromatic rings. The molecule has 7 heteroatoms. The van der Waals surface area contributed by atoms with Gasteiger partial charge >= 0.3 is 5.97 Å². The average molecular weight is 344 g/mol. The molecule has 1 aliphatic rings. The highest BCUT2D eigenvalue weighted by molar-refractivity contribution is 9.10. The Morgan fingerprint density at radius 3 is 2.80 bits per heavy atom. The zero-order valence-electron chi connectivity index (χ0n) is 11.6. The molecule has 1 aromatic heterocycles. The van der Waals surface area contributed by atoms with Gasteiger partial charge in [-0.15, -0.1) is 0 Å². The number of ether oxygens (including phenoxy) is 2. The number of carbonyl (C=O) groups is 1. The van der Waals surface area contributed by atoms with Crippen molar-refractivity contribution in [2.45, 2.75) is 31.7 Å². The van der Waals surface area contributed by atoms with E-state index in [1.807, 2.05) is 0 Å². The molecule has 1 saturated carbocycles. The van der Waals surface area contributed by atoms with Gasteiger partial charge < -0.3 is 14.4 Å².